The zero-order valence-electron chi connectivity index (χ0n) is 16.5. The Morgan fingerprint density at radius 1 is 1.27 bits per heavy atom. The lowest BCUT2D eigenvalue weighted by Crippen LogP contribution is -2.23. The Kier molecular flexibility index (Phi) is 6.84. The molecule has 1 heterocycles. The molecule has 1 aliphatic rings. The Bertz CT molecular complexity index is 1050. The molecule has 156 valence electrons. The average Bonchev–Trinajstić information content (AvgIpc) is 2.98. The summed E-state index contributed by atoms with van der Waals surface area (Å²) in [6.07, 6.45) is 1.77. The first-order valence-corrected chi connectivity index (χ1v) is 10.5. The predicted octanol–water partition coefficient (Wildman–Crippen LogP) is 4.79. The number of carbonyl (C=O) groups excluding carboxylic acids is 1. The first kappa shape index (κ1) is 21.9. The van der Waals surface area contributed by atoms with Gasteiger partial charge in [0.2, 0.25) is 0 Å². The van der Waals surface area contributed by atoms with E-state index in [2.05, 4.69) is 20.9 Å². The van der Waals surface area contributed by atoms with E-state index in [-0.39, 0.29) is 11.5 Å². The highest BCUT2D eigenvalue weighted by molar-refractivity contribution is 9.10. The Labute approximate surface area is 186 Å². The van der Waals surface area contributed by atoms with E-state index in [1.807, 2.05) is 13.0 Å². The first-order chi connectivity index (χ1) is 14.3. The summed E-state index contributed by atoms with van der Waals surface area (Å²) in [6.45, 7) is 2.40. The molecule has 1 saturated heterocycles. The summed E-state index contributed by atoms with van der Waals surface area (Å²) < 4.78 is 11.7. The summed E-state index contributed by atoms with van der Waals surface area (Å²) in [7, 11) is 3.21. The standard InChI is InChI=1S/C21H19BrN2O5S/c1-4-29-17-11-15(22)13(9-16(17)28-3)10-18-19(25)24(2)21(30-18)23-14-7-5-12(6-8-14)20(26)27/h5-11H,4H2,1-3H3,(H,26,27). The van der Waals surface area contributed by atoms with Gasteiger partial charge in [-0.3, -0.25) is 9.69 Å². The van der Waals surface area contributed by atoms with E-state index in [1.54, 1.807) is 38.4 Å². The number of benzene rings is 2. The number of carboxylic acid groups (broad SMARTS) is 1. The second-order valence-electron chi connectivity index (χ2n) is 6.18. The van der Waals surface area contributed by atoms with Gasteiger partial charge in [-0.1, -0.05) is 15.9 Å². The zero-order chi connectivity index (χ0) is 21.8. The number of aromatic carboxylic acids is 1. The Hall–Kier alpha value is -2.78. The molecule has 3 rings (SSSR count). The molecule has 2 aromatic carbocycles. The first-order valence-electron chi connectivity index (χ1n) is 8.94. The third kappa shape index (κ3) is 4.68. The molecule has 0 bridgehead atoms. The molecule has 1 amide bonds. The van der Waals surface area contributed by atoms with E-state index in [1.165, 1.54) is 28.8 Å². The number of thioether (sulfide) groups is 1. The van der Waals surface area contributed by atoms with Crippen LogP contribution in [0, 0.1) is 0 Å². The number of rotatable bonds is 6. The maximum absolute atomic E-state index is 12.7. The third-order valence-electron chi connectivity index (χ3n) is 4.21. The minimum atomic E-state index is -1.00. The van der Waals surface area contributed by atoms with E-state index in [0.717, 1.165) is 10.0 Å². The second kappa shape index (κ2) is 9.36. The van der Waals surface area contributed by atoms with Crippen molar-refractivity contribution in [2.24, 2.45) is 4.99 Å². The highest BCUT2D eigenvalue weighted by atomic mass is 79.9. The second-order valence-corrected chi connectivity index (χ2v) is 8.04. The van der Waals surface area contributed by atoms with E-state index < -0.39 is 5.97 Å². The number of nitrogens with zero attached hydrogens (tertiary/aromatic N) is 2. The van der Waals surface area contributed by atoms with E-state index in [4.69, 9.17) is 14.6 Å². The van der Waals surface area contributed by atoms with Gasteiger partial charge >= 0.3 is 5.97 Å². The van der Waals surface area contributed by atoms with Gasteiger partial charge in [0, 0.05) is 11.5 Å². The van der Waals surface area contributed by atoms with Crippen molar-refractivity contribution in [2.45, 2.75) is 6.92 Å². The largest absolute Gasteiger partial charge is 0.493 e. The van der Waals surface area contributed by atoms with Crippen molar-refractivity contribution in [1.29, 1.82) is 0 Å². The van der Waals surface area contributed by atoms with Gasteiger partial charge in [-0.2, -0.15) is 0 Å². The van der Waals surface area contributed by atoms with Gasteiger partial charge in [-0.15, -0.1) is 0 Å². The molecule has 1 aliphatic heterocycles. The van der Waals surface area contributed by atoms with Gasteiger partial charge in [0.25, 0.3) is 5.91 Å². The Morgan fingerprint density at radius 3 is 2.57 bits per heavy atom. The van der Waals surface area contributed by atoms with Crippen molar-refractivity contribution >= 4 is 56.5 Å². The van der Waals surface area contributed by atoms with Crippen LogP contribution in [0.5, 0.6) is 11.5 Å². The monoisotopic (exact) mass is 490 g/mol. The molecule has 9 heteroatoms. The van der Waals surface area contributed by atoms with Crippen LogP contribution in [0.15, 0.2) is 50.8 Å². The van der Waals surface area contributed by atoms with Crippen molar-refractivity contribution in [3.05, 3.63) is 56.9 Å². The molecule has 2 aromatic rings. The van der Waals surface area contributed by atoms with Crippen molar-refractivity contribution in [3.8, 4) is 11.5 Å². The van der Waals surface area contributed by atoms with Crippen molar-refractivity contribution in [2.75, 3.05) is 20.8 Å². The lowest BCUT2D eigenvalue weighted by atomic mass is 10.2. The molecule has 0 saturated carbocycles. The molecular formula is C21H19BrN2O5S. The van der Waals surface area contributed by atoms with Gasteiger partial charge in [-0.05, 0) is 66.7 Å². The molecule has 0 atom stereocenters. The number of amides is 1. The fourth-order valence-corrected chi connectivity index (χ4v) is 4.09. The summed E-state index contributed by atoms with van der Waals surface area (Å²) in [4.78, 5) is 30.1. The van der Waals surface area contributed by atoms with Crippen molar-refractivity contribution < 1.29 is 24.2 Å². The highest BCUT2D eigenvalue weighted by Gasteiger charge is 2.30. The Morgan fingerprint density at radius 2 is 1.97 bits per heavy atom. The normalized spacial score (nSPS) is 16.4. The molecule has 7 nitrogen and oxygen atoms in total. The third-order valence-corrected chi connectivity index (χ3v) is 5.96. The zero-order valence-corrected chi connectivity index (χ0v) is 18.9. The van der Waals surface area contributed by atoms with Gasteiger partial charge in [-0.25, -0.2) is 9.79 Å². The number of carbonyl (C=O) groups is 2. The maximum atomic E-state index is 12.7. The lowest BCUT2D eigenvalue weighted by Gasteiger charge is -2.11. The molecular weight excluding hydrogens is 472 g/mol. The molecule has 0 aliphatic carbocycles. The number of halogens is 1. The number of hydrogen-bond donors (Lipinski definition) is 1. The van der Waals surface area contributed by atoms with Gasteiger partial charge in [0.15, 0.2) is 16.7 Å². The molecule has 0 aromatic heterocycles. The minimum absolute atomic E-state index is 0.178. The van der Waals surface area contributed by atoms with Crippen LogP contribution in [0.4, 0.5) is 5.69 Å². The quantitative estimate of drug-likeness (QED) is 0.585. The highest BCUT2D eigenvalue weighted by Crippen LogP contribution is 2.38. The molecule has 1 fully saturated rings. The van der Waals surface area contributed by atoms with Gasteiger partial charge in [0.05, 0.1) is 29.9 Å². The van der Waals surface area contributed by atoms with Crippen LogP contribution < -0.4 is 9.47 Å². The van der Waals surface area contributed by atoms with E-state index in [0.29, 0.717) is 33.9 Å². The van der Waals surface area contributed by atoms with Gasteiger partial charge in [0.1, 0.15) is 0 Å². The maximum Gasteiger partial charge on any atom is 0.335 e. The summed E-state index contributed by atoms with van der Waals surface area (Å²) >= 11 is 4.76. The Balaban J connectivity index is 1.90. The smallest absolute Gasteiger partial charge is 0.335 e. The number of amidine groups is 1. The van der Waals surface area contributed by atoms with Crippen LogP contribution >= 0.6 is 27.7 Å². The van der Waals surface area contributed by atoms with Crippen molar-refractivity contribution in [3.63, 3.8) is 0 Å². The van der Waals surface area contributed by atoms with Crippen LogP contribution in [0.1, 0.15) is 22.8 Å². The number of ether oxygens (including phenoxy) is 2. The summed E-state index contributed by atoms with van der Waals surface area (Å²) in [5, 5.41) is 9.50. The van der Waals surface area contributed by atoms with Gasteiger partial charge < -0.3 is 14.6 Å². The summed E-state index contributed by atoms with van der Waals surface area (Å²) in [5.74, 6) is 0.00527. The number of carboxylic acids is 1. The average molecular weight is 491 g/mol. The summed E-state index contributed by atoms with van der Waals surface area (Å²) in [6, 6.07) is 9.76. The fraction of sp³-hybridized carbons (Fsp3) is 0.190. The number of aliphatic imine (C=N–C) groups is 1. The van der Waals surface area contributed by atoms with Crippen LogP contribution in [0.3, 0.4) is 0 Å². The molecule has 0 spiro atoms. The topological polar surface area (TPSA) is 88.4 Å². The van der Waals surface area contributed by atoms with Crippen LogP contribution in [0.2, 0.25) is 0 Å². The number of methoxy groups -OCH3 is 1. The predicted molar refractivity (Wildman–Crippen MR) is 121 cm³/mol. The SMILES string of the molecule is CCOc1cc(Br)c(C=C2SC(=Nc3ccc(C(=O)O)cc3)N(C)C2=O)cc1OC. The minimum Gasteiger partial charge on any atom is -0.493 e. The van der Waals surface area contributed by atoms with Crippen LogP contribution in [-0.2, 0) is 4.79 Å². The van der Waals surface area contributed by atoms with Crippen molar-refractivity contribution in [1.82, 2.24) is 4.90 Å². The molecule has 30 heavy (non-hydrogen) atoms. The fourth-order valence-electron chi connectivity index (χ4n) is 2.67. The summed E-state index contributed by atoms with van der Waals surface area (Å²) in [5.41, 5.74) is 1.51. The number of likely N-dealkylation sites (N-methyl/N-ethyl adjacent to an activating group) is 1. The molecule has 1 N–H and O–H groups in total. The molecule has 0 unspecified atom stereocenters. The number of hydrogen-bond acceptors (Lipinski definition) is 6. The van der Waals surface area contributed by atoms with E-state index in [9.17, 15) is 9.59 Å². The van der Waals surface area contributed by atoms with Crippen LogP contribution in [0.25, 0.3) is 6.08 Å². The van der Waals surface area contributed by atoms with Crippen LogP contribution in [-0.4, -0.2) is 47.8 Å². The lowest BCUT2D eigenvalue weighted by molar-refractivity contribution is -0.121. The van der Waals surface area contributed by atoms with E-state index >= 15 is 0 Å². The molecule has 0 radical (unpaired) electrons.